The SMILES string of the molecule is CCOCC(CO)(COCC)COCC(CO)(CO)CO. The van der Waals surface area contributed by atoms with Crippen molar-refractivity contribution in [1.82, 2.24) is 0 Å². The fraction of sp³-hybridized carbons (Fsp3) is 1.00. The van der Waals surface area contributed by atoms with Crippen molar-refractivity contribution in [3.8, 4) is 0 Å². The Hall–Kier alpha value is -0.280. The van der Waals surface area contributed by atoms with Gasteiger partial charge in [-0.15, -0.1) is 0 Å². The average molecular weight is 310 g/mol. The van der Waals surface area contributed by atoms with Crippen molar-refractivity contribution in [2.75, 3.05) is 66.1 Å². The molecule has 0 heterocycles. The van der Waals surface area contributed by atoms with Crippen molar-refractivity contribution in [3.63, 3.8) is 0 Å². The standard InChI is InChI=1S/C14H30O7/c1-3-19-10-14(8-18,11-20-4-2)12-21-9-13(5-15,6-16)7-17/h15-18H,3-12H2,1-2H3. The lowest BCUT2D eigenvalue weighted by Gasteiger charge is -2.33. The van der Waals surface area contributed by atoms with E-state index < -0.39 is 10.8 Å². The molecule has 0 unspecified atom stereocenters. The Bertz CT molecular complexity index is 227. The van der Waals surface area contributed by atoms with Gasteiger partial charge >= 0.3 is 0 Å². The lowest BCUT2D eigenvalue weighted by Crippen LogP contribution is -2.44. The molecule has 0 aliphatic carbocycles. The molecule has 0 bridgehead atoms. The van der Waals surface area contributed by atoms with E-state index in [1.807, 2.05) is 13.8 Å². The zero-order chi connectivity index (χ0) is 16.2. The molecule has 0 atom stereocenters. The summed E-state index contributed by atoms with van der Waals surface area (Å²) in [5, 5.41) is 37.4. The number of hydrogen-bond donors (Lipinski definition) is 4. The van der Waals surface area contributed by atoms with Gasteiger partial charge in [0.1, 0.15) is 0 Å². The smallest absolute Gasteiger partial charge is 0.0635 e. The van der Waals surface area contributed by atoms with Gasteiger partial charge in [0.15, 0.2) is 0 Å². The van der Waals surface area contributed by atoms with Crippen LogP contribution in [0, 0.1) is 10.8 Å². The van der Waals surface area contributed by atoms with E-state index in [4.69, 9.17) is 14.2 Å². The first kappa shape index (κ1) is 20.7. The van der Waals surface area contributed by atoms with Crippen molar-refractivity contribution in [1.29, 1.82) is 0 Å². The maximum Gasteiger partial charge on any atom is 0.0635 e. The Morgan fingerprint density at radius 1 is 0.571 bits per heavy atom. The normalized spacial score (nSPS) is 12.9. The Labute approximate surface area is 126 Å². The molecule has 7 heteroatoms. The van der Waals surface area contributed by atoms with Gasteiger partial charge in [-0.25, -0.2) is 0 Å². The Morgan fingerprint density at radius 2 is 0.905 bits per heavy atom. The molecule has 21 heavy (non-hydrogen) atoms. The van der Waals surface area contributed by atoms with Gasteiger partial charge in [0.2, 0.25) is 0 Å². The maximum atomic E-state index is 9.64. The lowest BCUT2D eigenvalue weighted by atomic mass is 9.90. The summed E-state index contributed by atoms with van der Waals surface area (Å²) in [6.07, 6.45) is 0. The summed E-state index contributed by atoms with van der Waals surface area (Å²) in [5.41, 5.74) is -1.78. The molecule has 0 fully saturated rings. The monoisotopic (exact) mass is 310 g/mol. The summed E-state index contributed by atoms with van der Waals surface area (Å²) in [6, 6.07) is 0. The molecule has 0 aromatic heterocycles. The fourth-order valence-corrected chi connectivity index (χ4v) is 1.67. The van der Waals surface area contributed by atoms with Crippen molar-refractivity contribution in [2.24, 2.45) is 10.8 Å². The van der Waals surface area contributed by atoms with Gasteiger partial charge in [0, 0.05) is 13.2 Å². The first-order chi connectivity index (χ1) is 10.1. The Morgan fingerprint density at radius 3 is 1.24 bits per heavy atom. The lowest BCUT2D eigenvalue weighted by molar-refractivity contribution is -0.118. The van der Waals surface area contributed by atoms with Gasteiger partial charge in [-0.05, 0) is 13.8 Å². The van der Waals surface area contributed by atoms with Crippen LogP contribution in [0.4, 0.5) is 0 Å². The first-order valence-corrected chi connectivity index (χ1v) is 7.24. The highest BCUT2D eigenvalue weighted by Crippen LogP contribution is 2.22. The quantitative estimate of drug-likeness (QED) is 0.326. The van der Waals surface area contributed by atoms with E-state index in [1.165, 1.54) is 0 Å². The molecule has 0 aliphatic heterocycles. The van der Waals surface area contributed by atoms with Crippen LogP contribution in [-0.4, -0.2) is 86.5 Å². The summed E-state index contributed by atoms with van der Waals surface area (Å²) in [4.78, 5) is 0. The average Bonchev–Trinajstić information content (AvgIpc) is 2.54. The highest BCUT2D eigenvalue weighted by atomic mass is 16.5. The summed E-state index contributed by atoms with van der Waals surface area (Å²) in [5.74, 6) is 0. The van der Waals surface area contributed by atoms with Crippen LogP contribution < -0.4 is 0 Å². The molecule has 4 N–H and O–H groups in total. The highest BCUT2D eigenvalue weighted by Gasteiger charge is 2.34. The van der Waals surface area contributed by atoms with Crippen molar-refractivity contribution >= 4 is 0 Å². The van der Waals surface area contributed by atoms with Crippen LogP contribution in [0.15, 0.2) is 0 Å². The molecule has 0 saturated carbocycles. The van der Waals surface area contributed by atoms with Crippen molar-refractivity contribution in [2.45, 2.75) is 13.8 Å². The van der Waals surface area contributed by atoms with E-state index in [-0.39, 0.29) is 52.9 Å². The van der Waals surface area contributed by atoms with Crippen LogP contribution in [0.5, 0.6) is 0 Å². The van der Waals surface area contributed by atoms with Crippen LogP contribution >= 0.6 is 0 Å². The van der Waals surface area contributed by atoms with Gasteiger partial charge < -0.3 is 34.6 Å². The number of hydrogen-bond acceptors (Lipinski definition) is 7. The molecule has 0 amide bonds. The third-order valence-electron chi connectivity index (χ3n) is 3.38. The van der Waals surface area contributed by atoms with Crippen molar-refractivity contribution in [3.05, 3.63) is 0 Å². The number of rotatable bonds is 14. The van der Waals surface area contributed by atoms with E-state index in [2.05, 4.69) is 0 Å². The molecule has 0 saturated heterocycles. The number of aliphatic hydroxyl groups excluding tert-OH is 4. The second-order valence-corrected chi connectivity index (χ2v) is 5.40. The number of aliphatic hydroxyl groups is 4. The van der Waals surface area contributed by atoms with E-state index in [1.54, 1.807) is 0 Å². The first-order valence-electron chi connectivity index (χ1n) is 7.24. The summed E-state index contributed by atoms with van der Waals surface area (Å²) < 4.78 is 16.3. The molecule has 0 aliphatic rings. The van der Waals surface area contributed by atoms with Gasteiger partial charge in [0.25, 0.3) is 0 Å². The van der Waals surface area contributed by atoms with Gasteiger partial charge in [-0.2, -0.15) is 0 Å². The predicted octanol–water partition coefficient (Wildman–Crippen LogP) is -0.982. The third-order valence-corrected chi connectivity index (χ3v) is 3.38. The molecule has 0 spiro atoms. The largest absolute Gasteiger partial charge is 0.396 e. The maximum absolute atomic E-state index is 9.64. The third kappa shape index (κ3) is 7.01. The summed E-state index contributed by atoms with van der Waals surface area (Å²) >= 11 is 0. The molecular formula is C14H30O7. The topological polar surface area (TPSA) is 109 Å². The molecule has 0 aromatic rings. The van der Waals surface area contributed by atoms with E-state index in [9.17, 15) is 20.4 Å². The fourth-order valence-electron chi connectivity index (χ4n) is 1.67. The van der Waals surface area contributed by atoms with Crippen LogP contribution in [0.1, 0.15) is 13.8 Å². The van der Waals surface area contributed by atoms with Gasteiger partial charge in [0.05, 0.1) is 63.7 Å². The van der Waals surface area contributed by atoms with Crippen LogP contribution in [0.3, 0.4) is 0 Å². The Balaban J connectivity index is 4.58. The summed E-state index contributed by atoms with van der Waals surface area (Å²) in [6.45, 7) is 4.11. The predicted molar refractivity (Wildman–Crippen MR) is 77.0 cm³/mol. The molecule has 7 nitrogen and oxygen atoms in total. The Kier molecular flexibility index (Phi) is 11.2. The van der Waals surface area contributed by atoms with Crippen LogP contribution in [0.25, 0.3) is 0 Å². The van der Waals surface area contributed by atoms with Gasteiger partial charge in [-0.1, -0.05) is 0 Å². The number of ether oxygens (including phenoxy) is 3. The van der Waals surface area contributed by atoms with Crippen LogP contribution in [-0.2, 0) is 14.2 Å². The second kappa shape index (κ2) is 11.3. The minimum Gasteiger partial charge on any atom is -0.396 e. The zero-order valence-corrected chi connectivity index (χ0v) is 13.1. The molecule has 0 aromatic carbocycles. The highest BCUT2D eigenvalue weighted by molar-refractivity contribution is 4.81. The molecule has 0 radical (unpaired) electrons. The van der Waals surface area contributed by atoms with E-state index >= 15 is 0 Å². The molecular weight excluding hydrogens is 280 g/mol. The van der Waals surface area contributed by atoms with Crippen molar-refractivity contribution < 1.29 is 34.6 Å². The molecule has 128 valence electrons. The minimum absolute atomic E-state index is 0.0174. The second-order valence-electron chi connectivity index (χ2n) is 5.40. The summed E-state index contributed by atoms with van der Waals surface area (Å²) in [7, 11) is 0. The molecule has 0 rings (SSSR count). The van der Waals surface area contributed by atoms with Crippen LogP contribution in [0.2, 0.25) is 0 Å². The van der Waals surface area contributed by atoms with E-state index in [0.29, 0.717) is 13.2 Å². The van der Waals surface area contributed by atoms with E-state index in [0.717, 1.165) is 0 Å². The minimum atomic E-state index is -1.08. The zero-order valence-electron chi connectivity index (χ0n) is 13.1. The van der Waals surface area contributed by atoms with Gasteiger partial charge in [-0.3, -0.25) is 0 Å².